The van der Waals surface area contributed by atoms with E-state index < -0.39 is 0 Å². The molecule has 1 saturated heterocycles. The first kappa shape index (κ1) is 22.1. The molecule has 1 aliphatic heterocycles. The van der Waals surface area contributed by atoms with Gasteiger partial charge in [0.1, 0.15) is 12.2 Å². The van der Waals surface area contributed by atoms with Crippen LogP contribution in [0.3, 0.4) is 0 Å². The fourth-order valence-electron chi connectivity index (χ4n) is 3.51. The molecule has 2 rings (SSSR count). The van der Waals surface area contributed by atoms with Gasteiger partial charge in [-0.1, -0.05) is 6.92 Å². The number of carbonyl (C=O) groups is 1. The molecule has 0 saturated carbocycles. The van der Waals surface area contributed by atoms with Crippen LogP contribution in [0.15, 0.2) is 11.3 Å². The topological polar surface area (TPSA) is 90.7 Å². The van der Waals surface area contributed by atoms with Crippen molar-refractivity contribution in [1.82, 2.24) is 35.2 Å². The molecule has 1 atom stereocenters. The molecule has 0 bridgehead atoms. The molecular weight excluding hydrogens is 356 g/mol. The molecule has 2 N–H and O–H groups in total. The van der Waals surface area contributed by atoms with Crippen LogP contribution < -0.4 is 10.6 Å². The zero-order valence-corrected chi connectivity index (χ0v) is 17.8. The van der Waals surface area contributed by atoms with Gasteiger partial charge in [-0.15, -0.1) is 10.2 Å². The number of rotatable bonds is 10. The van der Waals surface area contributed by atoms with Crippen molar-refractivity contribution in [3.05, 3.63) is 12.2 Å². The lowest BCUT2D eigenvalue weighted by Crippen LogP contribution is -2.43. The van der Waals surface area contributed by atoms with Gasteiger partial charge in [0, 0.05) is 53.2 Å². The highest BCUT2D eigenvalue weighted by Crippen LogP contribution is 2.18. The molecule has 0 radical (unpaired) electrons. The molecule has 1 amide bonds. The zero-order valence-electron chi connectivity index (χ0n) is 17.8. The second-order valence-electron chi connectivity index (χ2n) is 7.26. The minimum Gasteiger partial charge on any atom is -0.357 e. The average Bonchev–Trinajstić information content (AvgIpc) is 3.33. The molecular formula is C19H36N8O. The molecule has 1 aromatic heterocycles. The quantitative estimate of drug-likeness (QED) is 0.339. The molecule has 2 heterocycles. The van der Waals surface area contributed by atoms with Gasteiger partial charge in [0.05, 0.1) is 6.04 Å². The smallest absolute Gasteiger partial charge is 0.239 e. The standard InChI is InChI=1S/C19H36N8O/c1-5-17-24-23-15-27(17)14-11-22-19(20-6-2)21-10-8-13-26-12-7-9-16(26)18(28)25(3)4/h15-16H,5-14H2,1-4H3,(H2,20,21,22). The number of guanidine groups is 1. The lowest BCUT2D eigenvalue weighted by molar-refractivity contribution is -0.133. The van der Waals surface area contributed by atoms with Crippen LogP contribution in [0.5, 0.6) is 0 Å². The van der Waals surface area contributed by atoms with Gasteiger partial charge in [-0.05, 0) is 32.7 Å². The number of likely N-dealkylation sites (tertiary alicyclic amines) is 1. The van der Waals surface area contributed by atoms with Crippen LogP contribution in [0, 0.1) is 0 Å². The number of aryl methyl sites for hydroxylation is 1. The second kappa shape index (κ2) is 11.6. The van der Waals surface area contributed by atoms with E-state index in [1.54, 1.807) is 11.2 Å². The Bertz CT molecular complexity index is 627. The van der Waals surface area contributed by atoms with E-state index in [9.17, 15) is 4.79 Å². The summed E-state index contributed by atoms with van der Waals surface area (Å²) < 4.78 is 2.06. The number of nitrogens with one attached hydrogen (secondary N) is 2. The maximum absolute atomic E-state index is 12.3. The first-order chi connectivity index (χ1) is 13.6. The molecule has 158 valence electrons. The van der Waals surface area contributed by atoms with E-state index >= 15 is 0 Å². The van der Waals surface area contributed by atoms with Gasteiger partial charge in [0.2, 0.25) is 5.91 Å². The Morgan fingerprint density at radius 2 is 2.14 bits per heavy atom. The summed E-state index contributed by atoms with van der Waals surface area (Å²) in [5, 5.41) is 14.7. The fraction of sp³-hybridized carbons (Fsp3) is 0.789. The highest BCUT2D eigenvalue weighted by molar-refractivity contribution is 5.81. The summed E-state index contributed by atoms with van der Waals surface area (Å²) in [7, 11) is 3.67. The van der Waals surface area contributed by atoms with Gasteiger partial charge in [-0.25, -0.2) is 0 Å². The van der Waals surface area contributed by atoms with Gasteiger partial charge in [0.15, 0.2) is 5.96 Å². The lowest BCUT2D eigenvalue weighted by atomic mass is 10.2. The van der Waals surface area contributed by atoms with Crippen molar-refractivity contribution in [3.8, 4) is 0 Å². The van der Waals surface area contributed by atoms with E-state index in [2.05, 4.69) is 49.1 Å². The predicted octanol–water partition coefficient (Wildman–Crippen LogP) is 0.338. The fourth-order valence-corrected chi connectivity index (χ4v) is 3.51. The number of likely N-dealkylation sites (N-methyl/N-ethyl adjacent to an activating group) is 1. The van der Waals surface area contributed by atoms with Crippen molar-refractivity contribution in [2.45, 2.75) is 52.1 Å². The molecule has 1 aliphatic rings. The molecule has 1 aromatic rings. The van der Waals surface area contributed by atoms with Crippen molar-refractivity contribution in [2.75, 3.05) is 46.8 Å². The normalized spacial score (nSPS) is 17.7. The summed E-state index contributed by atoms with van der Waals surface area (Å²) in [6, 6.07) is 0.0434. The summed E-state index contributed by atoms with van der Waals surface area (Å²) in [4.78, 5) is 20.9. The maximum atomic E-state index is 12.3. The van der Waals surface area contributed by atoms with Crippen LogP contribution in [-0.2, 0) is 17.8 Å². The molecule has 0 spiro atoms. The summed E-state index contributed by atoms with van der Waals surface area (Å²) in [6.45, 7) is 9.19. The largest absolute Gasteiger partial charge is 0.357 e. The molecule has 9 nitrogen and oxygen atoms in total. The molecule has 0 aliphatic carbocycles. The number of carbonyl (C=O) groups excluding carboxylic acids is 1. The Balaban J connectivity index is 1.75. The number of aliphatic imine (C=N–C) groups is 1. The van der Waals surface area contributed by atoms with Crippen molar-refractivity contribution in [1.29, 1.82) is 0 Å². The van der Waals surface area contributed by atoms with Crippen LogP contribution in [0.4, 0.5) is 0 Å². The third-order valence-corrected chi connectivity index (χ3v) is 4.96. The minimum atomic E-state index is 0.0434. The SMILES string of the molecule is CCNC(=NCCCN1CCCC1C(=O)N(C)C)NCCn1cnnc1CC. The van der Waals surface area contributed by atoms with E-state index in [1.165, 1.54) is 0 Å². The third-order valence-electron chi connectivity index (χ3n) is 4.96. The highest BCUT2D eigenvalue weighted by Gasteiger charge is 2.30. The van der Waals surface area contributed by atoms with Crippen LogP contribution in [-0.4, -0.2) is 89.3 Å². The minimum absolute atomic E-state index is 0.0434. The molecule has 1 unspecified atom stereocenters. The van der Waals surface area contributed by atoms with Crippen LogP contribution >= 0.6 is 0 Å². The monoisotopic (exact) mass is 392 g/mol. The summed E-state index contributed by atoms with van der Waals surface area (Å²) in [5.74, 6) is 2.04. The number of amides is 1. The molecule has 0 aromatic carbocycles. The van der Waals surface area contributed by atoms with Gasteiger partial charge < -0.3 is 20.1 Å². The van der Waals surface area contributed by atoms with Crippen molar-refractivity contribution < 1.29 is 4.79 Å². The van der Waals surface area contributed by atoms with Gasteiger partial charge in [-0.3, -0.25) is 14.7 Å². The van der Waals surface area contributed by atoms with Crippen molar-refractivity contribution in [2.24, 2.45) is 4.99 Å². The van der Waals surface area contributed by atoms with E-state index in [1.807, 2.05) is 14.1 Å². The first-order valence-electron chi connectivity index (χ1n) is 10.4. The Labute approximate surface area is 168 Å². The Morgan fingerprint density at radius 1 is 1.32 bits per heavy atom. The van der Waals surface area contributed by atoms with Crippen molar-refractivity contribution in [3.63, 3.8) is 0 Å². The average molecular weight is 393 g/mol. The lowest BCUT2D eigenvalue weighted by Gasteiger charge is -2.25. The molecule has 28 heavy (non-hydrogen) atoms. The van der Waals surface area contributed by atoms with Crippen LogP contribution in [0.2, 0.25) is 0 Å². The van der Waals surface area contributed by atoms with E-state index in [-0.39, 0.29) is 11.9 Å². The Morgan fingerprint density at radius 3 is 2.86 bits per heavy atom. The summed E-state index contributed by atoms with van der Waals surface area (Å²) in [5.41, 5.74) is 0. The summed E-state index contributed by atoms with van der Waals surface area (Å²) in [6.07, 6.45) is 5.65. The van der Waals surface area contributed by atoms with Gasteiger partial charge >= 0.3 is 0 Å². The zero-order chi connectivity index (χ0) is 20.4. The summed E-state index contributed by atoms with van der Waals surface area (Å²) >= 11 is 0. The maximum Gasteiger partial charge on any atom is 0.239 e. The number of aromatic nitrogens is 3. The molecule has 9 heteroatoms. The predicted molar refractivity (Wildman–Crippen MR) is 111 cm³/mol. The van der Waals surface area contributed by atoms with Crippen LogP contribution in [0.1, 0.15) is 38.9 Å². The Kier molecular flexibility index (Phi) is 9.19. The highest BCUT2D eigenvalue weighted by atomic mass is 16.2. The van der Waals surface area contributed by atoms with E-state index in [0.717, 1.165) is 76.7 Å². The number of hydrogen-bond donors (Lipinski definition) is 2. The number of nitrogens with zero attached hydrogens (tertiary/aromatic N) is 6. The molecule has 1 fully saturated rings. The van der Waals surface area contributed by atoms with Crippen molar-refractivity contribution >= 4 is 11.9 Å². The third kappa shape index (κ3) is 6.47. The van der Waals surface area contributed by atoms with Gasteiger partial charge in [0.25, 0.3) is 0 Å². The van der Waals surface area contributed by atoms with E-state index in [0.29, 0.717) is 0 Å². The second-order valence-corrected chi connectivity index (χ2v) is 7.26. The first-order valence-corrected chi connectivity index (χ1v) is 10.4. The number of hydrogen-bond acceptors (Lipinski definition) is 5. The van der Waals surface area contributed by atoms with Gasteiger partial charge in [-0.2, -0.15) is 0 Å². The van der Waals surface area contributed by atoms with Crippen LogP contribution in [0.25, 0.3) is 0 Å². The van der Waals surface area contributed by atoms with E-state index in [4.69, 9.17) is 0 Å². The Hall–Kier alpha value is -2.16.